The zero-order valence-corrected chi connectivity index (χ0v) is 5.70. The Kier molecular flexibility index (Phi) is 1.74. The van der Waals surface area contributed by atoms with Gasteiger partial charge in [-0.25, -0.2) is 0 Å². The Morgan fingerprint density at radius 1 is 1.80 bits per heavy atom. The number of hydrogen-bond donors (Lipinski definition) is 1. The molecule has 3 nitrogen and oxygen atoms in total. The molecule has 52 valence electrons. The first-order valence-electron chi connectivity index (χ1n) is 2.94. The number of aliphatic hydroxyl groups excluding tert-OH is 1. The highest BCUT2D eigenvalue weighted by Gasteiger charge is 1.98. The van der Waals surface area contributed by atoms with E-state index in [9.17, 15) is 0 Å². The molecule has 0 spiro atoms. The van der Waals surface area contributed by atoms with E-state index in [1.165, 1.54) is 0 Å². The lowest BCUT2D eigenvalue weighted by atomic mass is 10.3. The van der Waals surface area contributed by atoms with E-state index in [1.54, 1.807) is 23.9 Å². The summed E-state index contributed by atoms with van der Waals surface area (Å²) in [4.78, 5) is 0. The molecule has 0 unspecified atom stereocenters. The fourth-order valence-electron chi connectivity index (χ4n) is 0.831. The van der Waals surface area contributed by atoms with E-state index < -0.39 is 0 Å². The molecule has 0 aliphatic heterocycles. The van der Waals surface area contributed by atoms with Crippen molar-refractivity contribution >= 4 is 0 Å². The third-order valence-electron chi connectivity index (χ3n) is 1.36. The van der Waals surface area contributed by atoms with Crippen LogP contribution in [0.3, 0.4) is 0 Å². The molecule has 0 amide bonds. The van der Waals surface area contributed by atoms with E-state index in [-0.39, 0.29) is 6.61 Å². The molecule has 0 bridgehead atoms. The molecular weight excluding hydrogens is 128 g/mol. The molecule has 0 saturated heterocycles. The van der Waals surface area contributed by atoms with Crippen LogP contribution in [0.5, 0.6) is 0 Å². The summed E-state index contributed by atoms with van der Waals surface area (Å²) in [6, 6.07) is 3.67. The number of aliphatic hydroxyl groups is 1. The molecule has 1 aromatic rings. The zero-order valence-electron chi connectivity index (χ0n) is 5.70. The molecule has 0 aromatic carbocycles. The van der Waals surface area contributed by atoms with Crippen molar-refractivity contribution in [3.63, 3.8) is 0 Å². The molecule has 0 radical (unpaired) electrons. The Morgan fingerprint density at radius 2 is 2.50 bits per heavy atom. The van der Waals surface area contributed by atoms with E-state index in [2.05, 4.69) is 0 Å². The average Bonchev–Trinajstić information content (AvgIpc) is 2.30. The van der Waals surface area contributed by atoms with Crippen molar-refractivity contribution in [2.75, 3.05) is 0 Å². The van der Waals surface area contributed by atoms with Crippen molar-refractivity contribution in [2.45, 2.75) is 6.61 Å². The van der Waals surface area contributed by atoms with Crippen molar-refractivity contribution in [2.24, 2.45) is 7.05 Å². The molecule has 0 fully saturated rings. The highest BCUT2D eigenvalue weighted by molar-refractivity contribution is 5.27. The van der Waals surface area contributed by atoms with Crippen LogP contribution in [0.1, 0.15) is 11.3 Å². The van der Waals surface area contributed by atoms with Crippen LogP contribution in [0.15, 0.2) is 12.3 Å². The monoisotopic (exact) mass is 136 g/mol. The Hall–Kier alpha value is -1.27. The number of hydrogen-bond acceptors (Lipinski definition) is 2. The molecular formula is C7H8N2O. The zero-order chi connectivity index (χ0) is 7.56. The maximum Gasteiger partial charge on any atom is 0.120 e. The van der Waals surface area contributed by atoms with Crippen molar-refractivity contribution in [1.29, 1.82) is 5.26 Å². The van der Waals surface area contributed by atoms with Crippen molar-refractivity contribution < 1.29 is 5.11 Å². The summed E-state index contributed by atoms with van der Waals surface area (Å²) in [5, 5.41) is 17.1. The fourth-order valence-corrected chi connectivity index (χ4v) is 0.831. The standard InChI is InChI=1S/C7H8N2O/c1-9-4-6(5-10)2-7(9)3-8/h2,4,10H,5H2,1H3. The van der Waals surface area contributed by atoms with Gasteiger partial charge in [0.15, 0.2) is 0 Å². The second-order valence-electron chi connectivity index (χ2n) is 2.11. The van der Waals surface area contributed by atoms with Crippen LogP contribution in [0, 0.1) is 11.3 Å². The second kappa shape index (κ2) is 2.54. The number of aromatic nitrogens is 1. The molecule has 1 heterocycles. The van der Waals surface area contributed by atoms with Gasteiger partial charge in [0, 0.05) is 13.2 Å². The number of aryl methyl sites for hydroxylation is 1. The summed E-state index contributed by atoms with van der Waals surface area (Å²) in [5.41, 5.74) is 1.35. The van der Waals surface area contributed by atoms with Gasteiger partial charge in [0.25, 0.3) is 0 Å². The van der Waals surface area contributed by atoms with Gasteiger partial charge in [-0.05, 0) is 11.6 Å². The Morgan fingerprint density at radius 3 is 2.80 bits per heavy atom. The van der Waals surface area contributed by atoms with Gasteiger partial charge in [0.2, 0.25) is 0 Å². The Balaban J connectivity index is 3.07. The first kappa shape index (κ1) is 6.84. The van der Waals surface area contributed by atoms with Gasteiger partial charge in [-0.2, -0.15) is 5.26 Å². The molecule has 0 aliphatic carbocycles. The largest absolute Gasteiger partial charge is 0.392 e. The predicted octanol–water partition coefficient (Wildman–Crippen LogP) is 0.389. The third-order valence-corrected chi connectivity index (χ3v) is 1.36. The summed E-state index contributed by atoms with van der Waals surface area (Å²) in [6.07, 6.45) is 1.73. The van der Waals surface area contributed by atoms with Crippen molar-refractivity contribution in [1.82, 2.24) is 4.57 Å². The van der Waals surface area contributed by atoms with Gasteiger partial charge >= 0.3 is 0 Å². The predicted molar refractivity (Wildman–Crippen MR) is 36.1 cm³/mol. The number of nitrogens with zero attached hydrogens (tertiary/aromatic N) is 2. The van der Waals surface area contributed by atoms with E-state index in [0.29, 0.717) is 5.69 Å². The molecule has 3 heteroatoms. The van der Waals surface area contributed by atoms with Crippen LogP contribution in [-0.4, -0.2) is 9.67 Å². The van der Waals surface area contributed by atoms with Crippen molar-refractivity contribution in [3.05, 3.63) is 23.5 Å². The van der Waals surface area contributed by atoms with E-state index in [0.717, 1.165) is 5.56 Å². The summed E-state index contributed by atoms with van der Waals surface area (Å²) in [6.45, 7) is -0.00444. The van der Waals surface area contributed by atoms with Gasteiger partial charge in [0.1, 0.15) is 11.8 Å². The lowest BCUT2D eigenvalue weighted by Crippen LogP contribution is -1.87. The smallest absolute Gasteiger partial charge is 0.120 e. The minimum Gasteiger partial charge on any atom is -0.392 e. The highest BCUT2D eigenvalue weighted by Crippen LogP contribution is 2.04. The molecule has 1 aromatic heterocycles. The SMILES string of the molecule is Cn1cc(CO)cc1C#N. The van der Waals surface area contributed by atoms with Gasteiger partial charge in [-0.15, -0.1) is 0 Å². The van der Waals surface area contributed by atoms with Gasteiger partial charge < -0.3 is 9.67 Å². The van der Waals surface area contributed by atoms with E-state index in [1.807, 2.05) is 6.07 Å². The maximum absolute atomic E-state index is 8.65. The summed E-state index contributed by atoms with van der Waals surface area (Å²) >= 11 is 0. The van der Waals surface area contributed by atoms with Crippen LogP contribution in [0.25, 0.3) is 0 Å². The Bertz CT molecular complexity index is 270. The lowest BCUT2D eigenvalue weighted by molar-refractivity contribution is 0.282. The average molecular weight is 136 g/mol. The van der Waals surface area contributed by atoms with E-state index >= 15 is 0 Å². The van der Waals surface area contributed by atoms with Crippen molar-refractivity contribution in [3.8, 4) is 6.07 Å². The summed E-state index contributed by atoms with van der Waals surface area (Å²) in [5.74, 6) is 0. The van der Waals surface area contributed by atoms with Gasteiger partial charge in [-0.3, -0.25) is 0 Å². The maximum atomic E-state index is 8.65. The minimum absolute atomic E-state index is 0.00444. The first-order valence-corrected chi connectivity index (χ1v) is 2.94. The van der Waals surface area contributed by atoms with Crippen LogP contribution in [-0.2, 0) is 13.7 Å². The summed E-state index contributed by atoms with van der Waals surface area (Å²) < 4.78 is 1.69. The van der Waals surface area contributed by atoms with Gasteiger partial charge in [-0.1, -0.05) is 0 Å². The first-order chi connectivity index (χ1) is 4.77. The van der Waals surface area contributed by atoms with E-state index in [4.69, 9.17) is 10.4 Å². The third kappa shape index (κ3) is 1.02. The van der Waals surface area contributed by atoms with Crippen LogP contribution in [0.4, 0.5) is 0 Å². The van der Waals surface area contributed by atoms with Crippen LogP contribution >= 0.6 is 0 Å². The van der Waals surface area contributed by atoms with Gasteiger partial charge in [0.05, 0.1) is 6.61 Å². The molecule has 1 N–H and O–H groups in total. The molecule has 0 aliphatic rings. The molecule has 1 rings (SSSR count). The van der Waals surface area contributed by atoms with Crippen LogP contribution < -0.4 is 0 Å². The number of nitriles is 1. The molecule has 0 saturated carbocycles. The quantitative estimate of drug-likeness (QED) is 0.607. The van der Waals surface area contributed by atoms with Crippen LogP contribution in [0.2, 0.25) is 0 Å². The normalized spacial score (nSPS) is 9.30. The number of rotatable bonds is 1. The highest BCUT2D eigenvalue weighted by atomic mass is 16.3. The second-order valence-corrected chi connectivity index (χ2v) is 2.11. The molecule has 0 atom stereocenters. The lowest BCUT2D eigenvalue weighted by Gasteiger charge is -1.87. The minimum atomic E-state index is -0.00444. The Labute approximate surface area is 59.1 Å². The topological polar surface area (TPSA) is 49.0 Å². The summed E-state index contributed by atoms with van der Waals surface area (Å²) in [7, 11) is 1.78. The molecule has 10 heavy (non-hydrogen) atoms. The fraction of sp³-hybridized carbons (Fsp3) is 0.286.